The number of hydrogen-bond acceptors (Lipinski definition) is 3. The summed E-state index contributed by atoms with van der Waals surface area (Å²) < 4.78 is 0. The zero-order chi connectivity index (χ0) is 10.7. The number of aryl methyl sites for hydroxylation is 1. The fourth-order valence-electron chi connectivity index (χ4n) is 1.54. The maximum absolute atomic E-state index is 4.04. The zero-order valence-corrected chi connectivity index (χ0v) is 8.51. The van der Waals surface area contributed by atoms with Gasteiger partial charge in [-0.05, 0) is 19.2 Å². The number of aliphatic imine (C=N–C) groups is 1. The molecule has 15 heavy (non-hydrogen) atoms. The van der Waals surface area contributed by atoms with Crippen LogP contribution in [0.5, 0.6) is 0 Å². The van der Waals surface area contributed by atoms with Crippen molar-refractivity contribution >= 4 is 12.4 Å². The van der Waals surface area contributed by atoms with Gasteiger partial charge in [-0.15, -0.1) is 0 Å². The Hall–Kier alpha value is -2.03. The van der Waals surface area contributed by atoms with Gasteiger partial charge in [-0.3, -0.25) is 4.99 Å². The predicted octanol–water partition coefficient (Wildman–Crippen LogP) is 2.78. The summed E-state index contributed by atoms with van der Waals surface area (Å²) in [4.78, 5) is 12.0. The van der Waals surface area contributed by atoms with Gasteiger partial charge in [-0.2, -0.15) is 0 Å². The Balaban J connectivity index is 2.63. The van der Waals surface area contributed by atoms with Crippen molar-refractivity contribution in [2.45, 2.75) is 6.92 Å². The number of rotatable bonds is 2. The van der Waals surface area contributed by atoms with E-state index in [0.717, 1.165) is 22.4 Å². The molecule has 0 aliphatic heterocycles. The summed E-state index contributed by atoms with van der Waals surface area (Å²) >= 11 is 0. The van der Waals surface area contributed by atoms with E-state index in [0.29, 0.717) is 0 Å². The monoisotopic (exact) mass is 197 g/mol. The Kier molecular flexibility index (Phi) is 2.54. The molecule has 3 heteroatoms. The van der Waals surface area contributed by atoms with Crippen LogP contribution in [-0.2, 0) is 0 Å². The molecule has 1 aromatic carbocycles. The average Bonchev–Trinajstić information content (AvgIpc) is 2.30. The molecule has 0 aliphatic carbocycles. The molecule has 0 saturated heterocycles. The third-order valence-corrected chi connectivity index (χ3v) is 2.27. The second-order valence-electron chi connectivity index (χ2n) is 3.26. The SMILES string of the molecule is C=Nc1c(C)cccc1-c1cncnc1. The Morgan fingerprint density at radius 2 is 1.93 bits per heavy atom. The number of aromatic nitrogens is 2. The van der Waals surface area contributed by atoms with E-state index < -0.39 is 0 Å². The van der Waals surface area contributed by atoms with Gasteiger partial charge >= 0.3 is 0 Å². The molecule has 0 aliphatic rings. The number of hydrogen-bond donors (Lipinski definition) is 0. The van der Waals surface area contributed by atoms with Gasteiger partial charge in [-0.25, -0.2) is 9.97 Å². The molecule has 3 nitrogen and oxygen atoms in total. The Morgan fingerprint density at radius 1 is 1.20 bits per heavy atom. The minimum Gasteiger partial charge on any atom is -0.264 e. The molecule has 1 aromatic heterocycles. The zero-order valence-electron chi connectivity index (χ0n) is 8.51. The summed E-state index contributed by atoms with van der Waals surface area (Å²) in [6, 6.07) is 6.00. The molecule has 0 amide bonds. The molecule has 1 heterocycles. The van der Waals surface area contributed by atoms with Crippen LogP contribution >= 0.6 is 0 Å². The summed E-state index contributed by atoms with van der Waals surface area (Å²) in [6.45, 7) is 5.60. The van der Waals surface area contributed by atoms with Crippen LogP contribution in [0.15, 0.2) is 41.9 Å². The predicted molar refractivity (Wildman–Crippen MR) is 61.4 cm³/mol. The van der Waals surface area contributed by atoms with Crippen molar-refractivity contribution in [3.8, 4) is 11.1 Å². The Bertz CT molecular complexity index is 477. The maximum Gasteiger partial charge on any atom is 0.115 e. The van der Waals surface area contributed by atoms with Gasteiger partial charge < -0.3 is 0 Å². The van der Waals surface area contributed by atoms with Gasteiger partial charge in [0.25, 0.3) is 0 Å². The molecule has 0 atom stereocenters. The molecule has 0 N–H and O–H groups in total. The van der Waals surface area contributed by atoms with Crippen molar-refractivity contribution in [2.75, 3.05) is 0 Å². The van der Waals surface area contributed by atoms with E-state index in [-0.39, 0.29) is 0 Å². The van der Waals surface area contributed by atoms with Gasteiger partial charge in [0.05, 0.1) is 5.69 Å². The van der Waals surface area contributed by atoms with Crippen molar-refractivity contribution in [1.29, 1.82) is 0 Å². The quantitative estimate of drug-likeness (QED) is 0.694. The van der Waals surface area contributed by atoms with Crippen molar-refractivity contribution in [3.63, 3.8) is 0 Å². The third kappa shape index (κ3) is 1.76. The molecule has 0 saturated carbocycles. The molecule has 0 spiro atoms. The van der Waals surface area contributed by atoms with E-state index >= 15 is 0 Å². The summed E-state index contributed by atoms with van der Waals surface area (Å²) in [5, 5.41) is 0. The van der Waals surface area contributed by atoms with Gasteiger partial charge in [0.1, 0.15) is 6.33 Å². The average molecular weight is 197 g/mol. The van der Waals surface area contributed by atoms with Crippen LogP contribution in [-0.4, -0.2) is 16.7 Å². The van der Waals surface area contributed by atoms with Crippen molar-refractivity contribution in [1.82, 2.24) is 9.97 Å². The van der Waals surface area contributed by atoms with Crippen LogP contribution in [0, 0.1) is 6.92 Å². The Morgan fingerprint density at radius 3 is 2.60 bits per heavy atom. The van der Waals surface area contributed by atoms with E-state index in [2.05, 4.69) is 21.7 Å². The molecule has 0 fully saturated rings. The highest BCUT2D eigenvalue weighted by Crippen LogP contribution is 2.31. The minimum absolute atomic E-state index is 0.896. The lowest BCUT2D eigenvalue weighted by Gasteiger charge is -2.06. The van der Waals surface area contributed by atoms with E-state index in [1.165, 1.54) is 6.33 Å². The molecular weight excluding hydrogens is 186 g/mol. The maximum atomic E-state index is 4.04. The van der Waals surface area contributed by atoms with Crippen LogP contribution in [0.1, 0.15) is 5.56 Å². The molecule has 2 rings (SSSR count). The molecule has 2 aromatic rings. The first-order chi connectivity index (χ1) is 7.33. The number of benzene rings is 1. The van der Waals surface area contributed by atoms with E-state index in [1.807, 2.05) is 25.1 Å². The molecule has 0 unspecified atom stereocenters. The summed E-state index contributed by atoms with van der Waals surface area (Å²) in [6.07, 6.45) is 5.06. The van der Waals surface area contributed by atoms with Crippen LogP contribution in [0.3, 0.4) is 0 Å². The van der Waals surface area contributed by atoms with Crippen LogP contribution < -0.4 is 0 Å². The second-order valence-corrected chi connectivity index (χ2v) is 3.26. The molecule has 0 bridgehead atoms. The highest BCUT2D eigenvalue weighted by molar-refractivity contribution is 5.78. The highest BCUT2D eigenvalue weighted by Gasteiger charge is 2.05. The van der Waals surface area contributed by atoms with Gasteiger partial charge in [0.15, 0.2) is 0 Å². The lowest BCUT2D eigenvalue weighted by molar-refractivity contribution is 1.17. The summed E-state index contributed by atoms with van der Waals surface area (Å²) in [7, 11) is 0. The van der Waals surface area contributed by atoms with Gasteiger partial charge in [0, 0.05) is 23.5 Å². The van der Waals surface area contributed by atoms with Crippen molar-refractivity contribution < 1.29 is 0 Å². The molecule has 0 radical (unpaired) electrons. The lowest BCUT2D eigenvalue weighted by atomic mass is 10.0. The van der Waals surface area contributed by atoms with Gasteiger partial charge in [0.2, 0.25) is 0 Å². The van der Waals surface area contributed by atoms with Crippen molar-refractivity contribution in [2.24, 2.45) is 4.99 Å². The highest BCUT2D eigenvalue weighted by atomic mass is 14.8. The van der Waals surface area contributed by atoms with Crippen LogP contribution in [0.2, 0.25) is 0 Å². The Labute approximate surface area is 88.6 Å². The topological polar surface area (TPSA) is 38.1 Å². The number of para-hydroxylation sites is 1. The normalized spacial score (nSPS) is 9.93. The lowest BCUT2D eigenvalue weighted by Crippen LogP contribution is -1.84. The third-order valence-electron chi connectivity index (χ3n) is 2.27. The van der Waals surface area contributed by atoms with Gasteiger partial charge in [-0.1, -0.05) is 18.2 Å². The first kappa shape index (κ1) is 9.52. The smallest absolute Gasteiger partial charge is 0.115 e. The first-order valence-electron chi connectivity index (χ1n) is 4.64. The van der Waals surface area contributed by atoms with Crippen LogP contribution in [0.25, 0.3) is 11.1 Å². The fourth-order valence-corrected chi connectivity index (χ4v) is 1.54. The number of nitrogens with zero attached hydrogens (tertiary/aromatic N) is 3. The standard InChI is InChI=1S/C12H11N3/c1-9-4-3-5-11(12(9)13-2)10-6-14-8-15-7-10/h3-8H,2H2,1H3. The molecular formula is C12H11N3. The largest absolute Gasteiger partial charge is 0.264 e. The van der Waals surface area contributed by atoms with E-state index in [1.54, 1.807) is 12.4 Å². The molecule has 74 valence electrons. The first-order valence-corrected chi connectivity index (χ1v) is 4.64. The van der Waals surface area contributed by atoms with Crippen LogP contribution in [0.4, 0.5) is 5.69 Å². The summed E-state index contributed by atoms with van der Waals surface area (Å²) in [5.41, 5.74) is 3.98. The fraction of sp³-hybridized carbons (Fsp3) is 0.0833. The minimum atomic E-state index is 0.896. The van der Waals surface area contributed by atoms with E-state index in [4.69, 9.17) is 0 Å². The summed E-state index contributed by atoms with van der Waals surface area (Å²) in [5.74, 6) is 0. The van der Waals surface area contributed by atoms with E-state index in [9.17, 15) is 0 Å². The second kappa shape index (κ2) is 4.00. The van der Waals surface area contributed by atoms with Crippen molar-refractivity contribution in [3.05, 3.63) is 42.5 Å².